The van der Waals surface area contributed by atoms with E-state index in [0.717, 1.165) is 35.6 Å². The highest BCUT2D eigenvalue weighted by Crippen LogP contribution is 2.31. The van der Waals surface area contributed by atoms with Crippen LogP contribution in [-0.2, 0) is 4.79 Å². The van der Waals surface area contributed by atoms with E-state index in [0.29, 0.717) is 18.2 Å². The predicted molar refractivity (Wildman–Crippen MR) is 118 cm³/mol. The van der Waals surface area contributed by atoms with Gasteiger partial charge in [-0.15, -0.1) is 0 Å². The second-order valence-electron chi connectivity index (χ2n) is 7.74. The summed E-state index contributed by atoms with van der Waals surface area (Å²) < 4.78 is 5.22. The van der Waals surface area contributed by atoms with E-state index < -0.39 is 0 Å². The number of amides is 1. The minimum Gasteiger partial charge on any atom is -0.481 e. The fourth-order valence-corrected chi connectivity index (χ4v) is 3.88. The second kappa shape index (κ2) is 9.07. The van der Waals surface area contributed by atoms with Gasteiger partial charge in [-0.1, -0.05) is 0 Å². The molecule has 1 aliphatic heterocycles. The number of likely N-dealkylation sites (tertiary alicyclic amines) is 1. The Balaban J connectivity index is 1.70. The molecular formula is C23H26N6O2. The highest BCUT2D eigenvalue weighted by Gasteiger charge is 2.30. The number of rotatable bonds is 5. The Morgan fingerprint density at radius 3 is 2.81 bits per heavy atom. The number of hydrogen-bond acceptors (Lipinski definition) is 7. The molecule has 2 atom stereocenters. The molecule has 0 unspecified atom stereocenters. The first kappa shape index (κ1) is 20.7. The van der Waals surface area contributed by atoms with Gasteiger partial charge in [-0.05, 0) is 38.0 Å². The van der Waals surface area contributed by atoms with Gasteiger partial charge in [0.15, 0.2) is 0 Å². The molecule has 1 fully saturated rings. The number of carbonyl (C=O) groups is 1. The fourth-order valence-electron chi connectivity index (χ4n) is 3.88. The number of pyridine rings is 2. The van der Waals surface area contributed by atoms with Crippen LogP contribution >= 0.6 is 0 Å². The molecule has 1 amide bonds. The summed E-state index contributed by atoms with van der Waals surface area (Å²) in [6.45, 7) is 4.33. The van der Waals surface area contributed by atoms with E-state index in [1.165, 1.54) is 0 Å². The van der Waals surface area contributed by atoms with Crippen molar-refractivity contribution in [2.45, 2.75) is 38.6 Å². The number of piperidine rings is 1. The number of nitrogens with zero attached hydrogens (tertiary/aromatic N) is 5. The molecule has 0 bridgehead atoms. The zero-order valence-electron chi connectivity index (χ0n) is 17.9. The smallest absolute Gasteiger partial charge is 0.219 e. The maximum absolute atomic E-state index is 12.1. The predicted octanol–water partition coefficient (Wildman–Crippen LogP) is 3.80. The molecule has 0 aromatic carbocycles. The summed E-state index contributed by atoms with van der Waals surface area (Å²) in [7, 11) is 1.58. The molecule has 0 aliphatic carbocycles. The Morgan fingerprint density at radius 2 is 2.06 bits per heavy atom. The molecule has 4 heterocycles. The Morgan fingerprint density at radius 1 is 1.19 bits per heavy atom. The lowest BCUT2D eigenvalue weighted by Gasteiger charge is -2.37. The van der Waals surface area contributed by atoms with Gasteiger partial charge < -0.3 is 15.0 Å². The third-order valence-electron chi connectivity index (χ3n) is 5.57. The maximum atomic E-state index is 12.1. The van der Waals surface area contributed by atoms with Gasteiger partial charge in [-0.25, -0.2) is 15.0 Å². The fraction of sp³-hybridized carbons (Fsp3) is 0.348. The van der Waals surface area contributed by atoms with Crippen molar-refractivity contribution in [1.29, 1.82) is 0 Å². The van der Waals surface area contributed by atoms with Crippen LogP contribution in [0.4, 0.5) is 11.5 Å². The Hall–Kier alpha value is -3.55. The topological polar surface area (TPSA) is 93.1 Å². The standard InChI is InChI=1S/C23H26N6O2/c1-15-6-7-18(14-29(15)16(2)30)23-27-20(17-5-4-9-24-13-17)12-21(28-23)26-19-8-10-25-22(11-19)31-3/h4-5,8-13,15,18H,6-7,14H2,1-3H3,(H,25,26,27,28)/t15-,18+/m0/s1. The SMILES string of the molecule is COc1cc(Nc2cc(-c3cccnc3)nc([C@@H]3CC[C@H](C)N(C(C)=O)C3)n2)ccn1. The molecule has 1 N–H and O–H groups in total. The summed E-state index contributed by atoms with van der Waals surface area (Å²) in [5.74, 6) is 2.07. The van der Waals surface area contributed by atoms with E-state index in [9.17, 15) is 4.79 Å². The van der Waals surface area contributed by atoms with Crippen LogP contribution in [0.1, 0.15) is 38.4 Å². The van der Waals surface area contributed by atoms with Crippen molar-refractivity contribution in [2.24, 2.45) is 0 Å². The lowest BCUT2D eigenvalue weighted by molar-refractivity contribution is -0.132. The molecule has 3 aromatic rings. The number of methoxy groups -OCH3 is 1. The molecule has 160 valence electrons. The molecule has 8 heteroatoms. The van der Waals surface area contributed by atoms with E-state index in [1.807, 2.05) is 35.2 Å². The zero-order chi connectivity index (χ0) is 21.8. The molecule has 0 radical (unpaired) electrons. The van der Waals surface area contributed by atoms with Crippen molar-refractivity contribution in [3.05, 3.63) is 54.7 Å². The monoisotopic (exact) mass is 418 g/mol. The summed E-state index contributed by atoms with van der Waals surface area (Å²) in [4.78, 5) is 32.0. The Labute approximate surface area is 181 Å². The van der Waals surface area contributed by atoms with Crippen LogP contribution in [0, 0.1) is 0 Å². The largest absolute Gasteiger partial charge is 0.481 e. The van der Waals surface area contributed by atoms with Crippen LogP contribution in [0.5, 0.6) is 5.88 Å². The highest BCUT2D eigenvalue weighted by molar-refractivity contribution is 5.73. The maximum Gasteiger partial charge on any atom is 0.219 e. The molecule has 0 spiro atoms. The number of carbonyl (C=O) groups excluding carboxylic acids is 1. The number of anilines is 2. The lowest BCUT2D eigenvalue weighted by Crippen LogP contribution is -2.44. The van der Waals surface area contributed by atoms with Crippen LogP contribution in [0.2, 0.25) is 0 Å². The van der Waals surface area contributed by atoms with Crippen LogP contribution in [0.25, 0.3) is 11.3 Å². The first-order valence-electron chi connectivity index (χ1n) is 10.4. The highest BCUT2D eigenvalue weighted by atomic mass is 16.5. The van der Waals surface area contributed by atoms with Gasteiger partial charge in [0.05, 0.1) is 12.8 Å². The molecule has 3 aromatic heterocycles. The van der Waals surface area contributed by atoms with Gasteiger partial charge in [-0.3, -0.25) is 9.78 Å². The molecule has 1 saturated heterocycles. The van der Waals surface area contributed by atoms with E-state index >= 15 is 0 Å². The van der Waals surface area contributed by atoms with Gasteiger partial charge in [-0.2, -0.15) is 0 Å². The molecule has 8 nitrogen and oxygen atoms in total. The van der Waals surface area contributed by atoms with Crippen molar-refractivity contribution < 1.29 is 9.53 Å². The molecule has 31 heavy (non-hydrogen) atoms. The van der Waals surface area contributed by atoms with Crippen molar-refractivity contribution in [3.8, 4) is 17.1 Å². The average molecular weight is 419 g/mol. The number of hydrogen-bond donors (Lipinski definition) is 1. The van der Waals surface area contributed by atoms with E-state index in [1.54, 1.807) is 32.6 Å². The van der Waals surface area contributed by atoms with Gasteiger partial charge in [0.1, 0.15) is 11.6 Å². The first-order chi connectivity index (χ1) is 15.0. The number of nitrogens with one attached hydrogen (secondary N) is 1. The zero-order valence-corrected chi connectivity index (χ0v) is 17.9. The first-order valence-corrected chi connectivity index (χ1v) is 10.4. The summed E-state index contributed by atoms with van der Waals surface area (Å²) in [5.41, 5.74) is 2.51. The number of aromatic nitrogens is 4. The van der Waals surface area contributed by atoms with Gasteiger partial charge in [0.2, 0.25) is 11.8 Å². The van der Waals surface area contributed by atoms with E-state index in [-0.39, 0.29) is 17.9 Å². The summed E-state index contributed by atoms with van der Waals surface area (Å²) >= 11 is 0. The molecule has 4 rings (SSSR count). The lowest BCUT2D eigenvalue weighted by atomic mass is 9.92. The third-order valence-corrected chi connectivity index (χ3v) is 5.57. The quantitative estimate of drug-likeness (QED) is 0.673. The van der Waals surface area contributed by atoms with Crippen LogP contribution in [-0.4, -0.2) is 50.4 Å². The van der Waals surface area contributed by atoms with Gasteiger partial charge in [0.25, 0.3) is 0 Å². The third kappa shape index (κ3) is 4.79. The normalized spacial score (nSPS) is 18.5. The van der Waals surface area contributed by atoms with E-state index in [4.69, 9.17) is 14.7 Å². The van der Waals surface area contributed by atoms with Crippen LogP contribution in [0.3, 0.4) is 0 Å². The van der Waals surface area contributed by atoms with Crippen LogP contribution < -0.4 is 10.1 Å². The minimum absolute atomic E-state index is 0.0734. The molecular weight excluding hydrogens is 392 g/mol. The molecule has 1 aliphatic rings. The van der Waals surface area contributed by atoms with Crippen molar-refractivity contribution in [3.63, 3.8) is 0 Å². The average Bonchev–Trinajstić information content (AvgIpc) is 2.79. The Bertz CT molecular complexity index is 1060. The van der Waals surface area contributed by atoms with Gasteiger partial charge >= 0.3 is 0 Å². The molecule has 0 saturated carbocycles. The minimum atomic E-state index is 0.0734. The van der Waals surface area contributed by atoms with E-state index in [2.05, 4.69) is 22.2 Å². The van der Waals surface area contributed by atoms with Crippen molar-refractivity contribution in [2.75, 3.05) is 19.0 Å². The van der Waals surface area contributed by atoms with Crippen LogP contribution in [0.15, 0.2) is 48.9 Å². The summed E-state index contributed by atoms with van der Waals surface area (Å²) in [5, 5.41) is 3.34. The van der Waals surface area contributed by atoms with Gasteiger partial charge in [0, 0.05) is 67.4 Å². The Kier molecular flexibility index (Phi) is 6.06. The number of ether oxygens (including phenoxy) is 1. The van der Waals surface area contributed by atoms with Crippen molar-refractivity contribution in [1.82, 2.24) is 24.8 Å². The summed E-state index contributed by atoms with van der Waals surface area (Å²) in [6, 6.07) is 9.67. The summed E-state index contributed by atoms with van der Waals surface area (Å²) in [6.07, 6.45) is 7.06. The second-order valence-corrected chi connectivity index (χ2v) is 7.74. The van der Waals surface area contributed by atoms with Crippen molar-refractivity contribution >= 4 is 17.4 Å².